The first-order chi connectivity index (χ1) is 15.0. The number of thiazole rings is 1. The van der Waals surface area contributed by atoms with Crippen LogP contribution >= 0.6 is 23.1 Å². The Balaban J connectivity index is 1.59. The molecule has 2 aromatic heterocycles. The molecule has 4 aromatic rings. The van der Waals surface area contributed by atoms with Crippen LogP contribution in [0, 0.1) is 19.3 Å². The molecule has 1 N–H and O–H groups in total. The van der Waals surface area contributed by atoms with Gasteiger partial charge in [-0.15, -0.1) is 11.3 Å². The van der Waals surface area contributed by atoms with E-state index in [-0.39, 0.29) is 5.78 Å². The predicted octanol–water partition coefficient (Wildman–Crippen LogP) is 6.18. The highest BCUT2D eigenvalue weighted by atomic mass is 32.2. The molecule has 1 unspecified atom stereocenters. The highest BCUT2D eigenvalue weighted by molar-refractivity contribution is 8.19. The summed E-state index contributed by atoms with van der Waals surface area (Å²) in [7, 11) is 0. The maximum atomic E-state index is 13.1. The molecule has 31 heavy (non-hydrogen) atoms. The van der Waals surface area contributed by atoms with Gasteiger partial charge in [-0.1, -0.05) is 59.8 Å². The van der Waals surface area contributed by atoms with Crippen LogP contribution in [-0.2, 0) is 11.3 Å². The van der Waals surface area contributed by atoms with Crippen LogP contribution in [0.2, 0.25) is 0 Å². The molecule has 1 fully saturated rings. The van der Waals surface area contributed by atoms with Crippen molar-refractivity contribution in [2.45, 2.75) is 26.3 Å². The second-order valence-corrected chi connectivity index (χ2v) is 9.74. The number of aromatic nitrogens is 2. The Morgan fingerprint density at radius 2 is 2.00 bits per heavy atom. The smallest absolute Gasteiger partial charge is 0.186 e. The standard InChI is InChI=1S/C25H21N3OS2/c1-15-6-5-7-17(12-15)14-28-16(2)19(18-8-3-4-9-20(18)28)13-21-23(29)22(24(26)31-21)25-27-10-11-30-25/h3-13,22,26H,14H2,1-2H3. The van der Waals surface area contributed by atoms with Gasteiger partial charge in [0.1, 0.15) is 10.9 Å². The zero-order chi connectivity index (χ0) is 21.5. The number of aryl methyl sites for hydroxylation is 1. The molecule has 0 saturated carbocycles. The van der Waals surface area contributed by atoms with Crippen molar-refractivity contribution in [1.82, 2.24) is 9.55 Å². The van der Waals surface area contributed by atoms with Gasteiger partial charge in [0.2, 0.25) is 0 Å². The van der Waals surface area contributed by atoms with Gasteiger partial charge in [-0.05, 0) is 31.6 Å². The molecular formula is C25H21N3OS2. The van der Waals surface area contributed by atoms with E-state index < -0.39 is 5.92 Å². The number of hydrogen-bond donors (Lipinski definition) is 1. The van der Waals surface area contributed by atoms with Gasteiger partial charge in [-0.3, -0.25) is 10.2 Å². The van der Waals surface area contributed by atoms with Crippen LogP contribution in [0.3, 0.4) is 0 Å². The van der Waals surface area contributed by atoms with Crippen molar-refractivity contribution in [2.75, 3.05) is 0 Å². The van der Waals surface area contributed by atoms with E-state index in [2.05, 4.69) is 65.9 Å². The Morgan fingerprint density at radius 3 is 2.77 bits per heavy atom. The lowest BCUT2D eigenvalue weighted by atomic mass is 10.0. The van der Waals surface area contributed by atoms with Crippen LogP contribution in [0.25, 0.3) is 17.0 Å². The lowest BCUT2D eigenvalue weighted by Crippen LogP contribution is -2.11. The topological polar surface area (TPSA) is 58.7 Å². The van der Waals surface area contributed by atoms with E-state index >= 15 is 0 Å². The van der Waals surface area contributed by atoms with Gasteiger partial charge in [0.05, 0.1) is 9.95 Å². The van der Waals surface area contributed by atoms with Crippen LogP contribution in [0.5, 0.6) is 0 Å². The molecule has 5 rings (SSSR count). The van der Waals surface area contributed by atoms with Gasteiger partial charge in [-0.25, -0.2) is 4.98 Å². The van der Waals surface area contributed by atoms with E-state index in [4.69, 9.17) is 5.41 Å². The number of fused-ring (bicyclic) bond motifs is 1. The molecule has 1 aliphatic heterocycles. The Hall–Kier alpha value is -2.96. The number of allylic oxidation sites excluding steroid dienone is 1. The fourth-order valence-corrected chi connectivity index (χ4v) is 5.95. The lowest BCUT2D eigenvalue weighted by molar-refractivity contribution is -0.114. The van der Waals surface area contributed by atoms with Crippen LogP contribution < -0.4 is 0 Å². The van der Waals surface area contributed by atoms with Crippen molar-refractivity contribution in [2.24, 2.45) is 0 Å². The normalized spacial score (nSPS) is 17.9. The van der Waals surface area contributed by atoms with Gasteiger partial charge < -0.3 is 4.57 Å². The van der Waals surface area contributed by atoms with Gasteiger partial charge in [0, 0.05) is 40.3 Å². The first-order valence-corrected chi connectivity index (χ1v) is 11.8. The Kier molecular flexibility index (Phi) is 5.12. The van der Waals surface area contributed by atoms with Crippen LogP contribution in [0.15, 0.2) is 65.0 Å². The number of carbonyl (C=O) groups is 1. The van der Waals surface area contributed by atoms with E-state index in [9.17, 15) is 4.79 Å². The minimum absolute atomic E-state index is 0.0279. The number of benzene rings is 2. The van der Waals surface area contributed by atoms with Crippen molar-refractivity contribution < 1.29 is 4.79 Å². The Morgan fingerprint density at radius 1 is 1.16 bits per heavy atom. The monoisotopic (exact) mass is 443 g/mol. The van der Waals surface area contributed by atoms with E-state index in [0.717, 1.165) is 28.7 Å². The number of para-hydroxylation sites is 1. The molecule has 0 bridgehead atoms. The fraction of sp³-hybridized carbons (Fsp3) is 0.160. The summed E-state index contributed by atoms with van der Waals surface area (Å²) in [6.45, 7) is 4.99. The summed E-state index contributed by atoms with van der Waals surface area (Å²) < 4.78 is 2.31. The minimum atomic E-state index is -0.558. The molecule has 154 valence electrons. The molecule has 3 heterocycles. The molecule has 6 heteroatoms. The summed E-state index contributed by atoms with van der Waals surface area (Å²) >= 11 is 2.69. The first kappa shape index (κ1) is 20.0. The van der Waals surface area contributed by atoms with Crippen LogP contribution in [0.1, 0.15) is 33.3 Å². The second-order valence-electron chi connectivity index (χ2n) is 7.73. The van der Waals surface area contributed by atoms with Gasteiger partial charge >= 0.3 is 0 Å². The number of rotatable bonds is 4. The quantitative estimate of drug-likeness (QED) is 0.383. The molecule has 1 atom stereocenters. The molecule has 0 radical (unpaired) electrons. The molecule has 2 aromatic carbocycles. The lowest BCUT2D eigenvalue weighted by Gasteiger charge is -2.09. The highest BCUT2D eigenvalue weighted by Gasteiger charge is 2.38. The third-order valence-electron chi connectivity index (χ3n) is 5.66. The third-order valence-corrected chi connectivity index (χ3v) is 7.50. The Labute approximate surface area is 189 Å². The maximum Gasteiger partial charge on any atom is 0.186 e. The van der Waals surface area contributed by atoms with E-state index in [1.54, 1.807) is 6.20 Å². The average molecular weight is 444 g/mol. The molecule has 0 amide bonds. The molecule has 1 aliphatic rings. The van der Waals surface area contributed by atoms with Gasteiger partial charge in [0.25, 0.3) is 0 Å². The SMILES string of the molecule is Cc1cccc(Cn2c(C)c(C=C3SC(=N)C(c4nccs4)C3=O)c3ccccc32)c1. The van der Waals surface area contributed by atoms with Crippen molar-refractivity contribution in [3.05, 3.63) is 92.4 Å². The summed E-state index contributed by atoms with van der Waals surface area (Å²) in [5.41, 5.74) is 5.81. The third kappa shape index (κ3) is 3.56. The van der Waals surface area contributed by atoms with E-state index in [0.29, 0.717) is 15.0 Å². The number of carbonyl (C=O) groups excluding carboxylic acids is 1. The van der Waals surface area contributed by atoms with E-state index in [1.807, 2.05) is 17.5 Å². The second kappa shape index (κ2) is 7.94. The summed E-state index contributed by atoms with van der Waals surface area (Å²) in [6, 6.07) is 16.9. The summed E-state index contributed by atoms with van der Waals surface area (Å²) in [5, 5.41) is 12.4. The number of thioether (sulfide) groups is 1. The summed E-state index contributed by atoms with van der Waals surface area (Å²) in [5.74, 6) is -0.586. The van der Waals surface area contributed by atoms with Crippen molar-refractivity contribution >= 4 is 50.9 Å². The maximum absolute atomic E-state index is 13.1. The number of Topliss-reactive ketones (excluding diaryl/α,β-unsaturated/α-hetero) is 1. The number of ketones is 1. The van der Waals surface area contributed by atoms with Crippen molar-refractivity contribution in [3.63, 3.8) is 0 Å². The molecule has 1 saturated heterocycles. The largest absolute Gasteiger partial charge is 0.340 e. The summed E-state index contributed by atoms with van der Waals surface area (Å²) in [4.78, 5) is 18.0. The zero-order valence-electron chi connectivity index (χ0n) is 17.3. The predicted molar refractivity (Wildman–Crippen MR) is 130 cm³/mol. The number of nitrogens with one attached hydrogen (secondary N) is 1. The molecule has 4 nitrogen and oxygen atoms in total. The number of hydrogen-bond acceptors (Lipinski definition) is 5. The van der Waals surface area contributed by atoms with E-state index in [1.165, 1.54) is 34.2 Å². The first-order valence-electron chi connectivity index (χ1n) is 10.1. The Bertz CT molecular complexity index is 1350. The van der Waals surface area contributed by atoms with Crippen molar-refractivity contribution in [1.29, 1.82) is 5.41 Å². The van der Waals surface area contributed by atoms with Crippen molar-refractivity contribution in [3.8, 4) is 0 Å². The van der Waals surface area contributed by atoms with Gasteiger partial charge in [-0.2, -0.15) is 0 Å². The fourth-order valence-electron chi connectivity index (χ4n) is 4.16. The van der Waals surface area contributed by atoms with Crippen LogP contribution in [-0.4, -0.2) is 20.4 Å². The van der Waals surface area contributed by atoms with Gasteiger partial charge in [0.15, 0.2) is 5.78 Å². The molecule has 0 spiro atoms. The zero-order valence-corrected chi connectivity index (χ0v) is 18.9. The average Bonchev–Trinajstić information content (AvgIpc) is 3.43. The summed E-state index contributed by atoms with van der Waals surface area (Å²) in [6.07, 6.45) is 3.66. The highest BCUT2D eigenvalue weighted by Crippen LogP contribution is 2.42. The van der Waals surface area contributed by atoms with Crippen LogP contribution in [0.4, 0.5) is 0 Å². The minimum Gasteiger partial charge on any atom is -0.340 e. The molecule has 0 aliphatic carbocycles. The number of nitrogens with zero attached hydrogens (tertiary/aromatic N) is 2. The molecular weight excluding hydrogens is 422 g/mol.